The maximum Gasteiger partial charge on any atom is 0.222 e. The van der Waals surface area contributed by atoms with E-state index < -0.39 is 0 Å². The molecule has 0 radical (unpaired) electrons. The van der Waals surface area contributed by atoms with Crippen molar-refractivity contribution in [3.8, 4) is 0 Å². The maximum atomic E-state index is 11.9. The van der Waals surface area contributed by atoms with E-state index in [4.69, 9.17) is 0 Å². The van der Waals surface area contributed by atoms with Gasteiger partial charge in [0.25, 0.3) is 0 Å². The van der Waals surface area contributed by atoms with Crippen LogP contribution in [0.25, 0.3) is 0 Å². The molecule has 0 bridgehead atoms. The van der Waals surface area contributed by atoms with Crippen LogP contribution in [0.5, 0.6) is 0 Å². The predicted octanol–water partition coefficient (Wildman–Crippen LogP) is 1.06. The van der Waals surface area contributed by atoms with Crippen LogP contribution in [0.15, 0.2) is 0 Å². The number of ketones is 1. The molecule has 0 aromatic carbocycles. The Hall–Kier alpha value is -0.900. The largest absolute Gasteiger partial charge is 0.359 e. The minimum absolute atomic E-state index is 0.126. The summed E-state index contributed by atoms with van der Waals surface area (Å²) in [5.74, 6) is 0.531. The van der Waals surface area contributed by atoms with Crippen molar-refractivity contribution in [3.05, 3.63) is 0 Å². The van der Waals surface area contributed by atoms with Crippen LogP contribution >= 0.6 is 0 Å². The number of amides is 1. The molecule has 1 saturated heterocycles. The Kier molecular flexibility index (Phi) is 4.69. The molecule has 0 aromatic rings. The zero-order chi connectivity index (χ0) is 13.1. The summed E-state index contributed by atoms with van der Waals surface area (Å²) in [6.45, 7) is 8.07. The average Bonchev–Trinajstić information content (AvgIpc) is 2.27. The molecule has 1 aliphatic rings. The highest BCUT2D eigenvalue weighted by Gasteiger charge is 2.28. The molecule has 98 valence electrons. The molecular formula is C13H24N2O2. The molecule has 0 spiro atoms. The third-order valence-corrected chi connectivity index (χ3v) is 3.41. The highest BCUT2D eigenvalue weighted by Crippen LogP contribution is 2.20. The number of rotatable bonds is 3. The molecule has 4 nitrogen and oxygen atoms in total. The van der Waals surface area contributed by atoms with Gasteiger partial charge in [-0.25, -0.2) is 0 Å². The third-order valence-electron chi connectivity index (χ3n) is 3.41. The summed E-state index contributed by atoms with van der Waals surface area (Å²) in [6.07, 6.45) is 1.72. The van der Waals surface area contributed by atoms with Gasteiger partial charge in [-0.15, -0.1) is 0 Å². The summed E-state index contributed by atoms with van der Waals surface area (Å²) in [4.78, 5) is 25.5. The van der Waals surface area contributed by atoms with E-state index in [9.17, 15) is 9.59 Å². The van der Waals surface area contributed by atoms with Gasteiger partial charge in [0, 0.05) is 18.4 Å². The molecule has 17 heavy (non-hydrogen) atoms. The number of nitrogens with zero attached hydrogens (tertiary/aromatic N) is 1. The lowest BCUT2D eigenvalue weighted by Crippen LogP contribution is -2.43. The summed E-state index contributed by atoms with van der Waals surface area (Å²) in [5.41, 5.74) is -0.266. The predicted molar refractivity (Wildman–Crippen MR) is 67.7 cm³/mol. The van der Waals surface area contributed by atoms with Gasteiger partial charge in [-0.05, 0) is 25.9 Å². The minimum atomic E-state index is -0.266. The SMILES string of the molecule is CNC(=O)C1CCN(CC(=O)C(C)(C)C)CC1. The van der Waals surface area contributed by atoms with E-state index in [-0.39, 0.29) is 23.0 Å². The zero-order valence-electron chi connectivity index (χ0n) is 11.4. The van der Waals surface area contributed by atoms with Gasteiger partial charge in [0.15, 0.2) is 5.78 Å². The van der Waals surface area contributed by atoms with Crippen molar-refractivity contribution in [1.82, 2.24) is 10.2 Å². The summed E-state index contributed by atoms with van der Waals surface area (Å²) in [5, 5.41) is 2.69. The molecule has 1 aliphatic heterocycles. The third kappa shape index (κ3) is 4.11. The zero-order valence-corrected chi connectivity index (χ0v) is 11.4. The van der Waals surface area contributed by atoms with Crippen LogP contribution in [0.1, 0.15) is 33.6 Å². The Bertz CT molecular complexity index is 286. The molecule has 4 heteroatoms. The van der Waals surface area contributed by atoms with Crippen LogP contribution in [-0.4, -0.2) is 43.3 Å². The van der Waals surface area contributed by atoms with Crippen LogP contribution in [-0.2, 0) is 9.59 Å². The normalized spacial score (nSPS) is 19.1. The molecule has 1 rings (SSSR count). The van der Waals surface area contributed by atoms with Crippen LogP contribution in [0.4, 0.5) is 0 Å². The number of nitrogens with one attached hydrogen (secondary N) is 1. The number of hydrogen-bond donors (Lipinski definition) is 1. The topological polar surface area (TPSA) is 49.4 Å². The van der Waals surface area contributed by atoms with Crippen molar-refractivity contribution in [2.45, 2.75) is 33.6 Å². The Labute approximate surface area is 104 Å². The summed E-state index contributed by atoms with van der Waals surface area (Å²) in [6, 6.07) is 0. The first kappa shape index (κ1) is 14.2. The number of carbonyl (C=O) groups is 2. The van der Waals surface area contributed by atoms with Crippen molar-refractivity contribution in [3.63, 3.8) is 0 Å². The fraction of sp³-hybridized carbons (Fsp3) is 0.846. The Morgan fingerprint density at radius 2 is 1.76 bits per heavy atom. The molecule has 0 atom stereocenters. The second kappa shape index (κ2) is 5.63. The lowest BCUT2D eigenvalue weighted by atomic mass is 9.89. The molecule has 0 unspecified atom stereocenters. The molecule has 0 aromatic heterocycles. The Balaban J connectivity index is 2.38. The maximum absolute atomic E-state index is 11.9. The average molecular weight is 240 g/mol. The lowest BCUT2D eigenvalue weighted by Gasteiger charge is -2.32. The van der Waals surface area contributed by atoms with Gasteiger partial charge in [-0.2, -0.15) is 0 Å². The van der Waals surface area contributed by atoms with E-state index in [1.807, 2.05) is 20.8 Å². The first-order chi connectivity index (χ1) is 7.84. The van der Waals surface area contributed by atoms with E-state index in [1.54, 1.807) is 7.05 Å². The number of likely N-dealkylation sites (tertiary alicyclic amines) is 1. The van der Waals surface area contributed by atoms with Crippen molar-refractivity contribution >= 4 is 11.7 Å². The first-order valence-electron chi connectivity index (χ1n) is 6.32. The molecule has 0 saturated carbocycles. The van der Waals surface area contributed by atoms with E-state index in [1.165, 1.54) is 0 Å². The molecule has 0 aliphatic carbocycles. The van der Waals surface area contributed by atoms with Gasteiger partial charge in [-0.3, -0.25) is 14.5 Å². The second-order valence-electron chi connectivity index (χ2n) is 5.84. The minimum Gasteiger partial charge on any atom is -0.359 e. The van der Waals surface area contributed by atoms with Crippen molar-refractivity contribution in [1.29, 1.82) is 0 Å². The van der Waals surface area contributed by atoms with E-state index in [2.05, 4.69) is 10.2 Å². The number of carbonyl (C=O) groups excluding carboxylic acids is 2. The van der Waals surface area contributed by atoms with E-state index in [0.29, 0.717) is 6.54 Å². The van der Waals surface area contributed by atoms with Gasteiger partial charge < -0.3 is 5.32 Å². The Morgan fingerprint density at radius 1 is 1.24 bits per heavy atom. The lowest BCUT2D eigenvalue weighted by molar-refractivity contribution is -0.128. The quantitative estimate of drug-likeness (QED) is 0.802. The van der Waals surface area contributed by atoms with Gasteiger partial charge in [0.05, 0.1) is 6.54 Å². The number of piperidine rings is 1. The molecule has 1 heterocycles. The van der Waals surface area contributed by atoms with Gasteiger partial charge in [0.1, 0.15) is 0 Å². The first-order valence-corrected chi connectivity index (χ1v) is 6.32. The van der Waals surface area contributed by atoms with Crippen molar-refractivity contribution in [2.24, 2.45) is 11.3 Å². The summed E-state index contributed by atoms with van der Waals surface area (Å²) < 4.78 is 0. The molecule has 1 N–H and O–H groups in total. The highest BCUT2D eigenvalue weighted by atomic mass is 16.1. The van der Waals surface area contributed by atoms with Crippen LogP contribution in [0.3, 0.4) is 0 Å². The fourth-order valence-corrected chi connectivity index (χ4v) is 2.00. The molecule has 1 amide bonds. The van der Waals surface area contributed by atoms with Gasteiger partial charge >= 0.3 is 0 Å². The van der Waals surface area contributed by atoms with Crippen LogP contribution in [0, 0.1) is 11.3 Å². The molecule has 1 fully saturated rings. The highest BCUT2D eigenvalue weighted by molar-refractivity contribution is 5.85. The van der Waals surface area contributed by atoms with Crippen molar-refractivity contribution in [2.75, 3.05) is 26.7 Å². The second-order valence-corrected chi connectivity index (χ2v) is 5.84. The Morgan fingerprint density at radius 3 is 2.18 bits per heavy atom. The fourth-order valence-electron chi connectivity index (χ4n) is 2.00. The van der Waals surface area contributed by atoms with Gasteiger partial charge in [0.2, 0.25) is 5.91 Å². The van der Waals surface area contributed by atoms with Gasteiger partial charge in [-0.1, -0.05) is 20.8 Å². The van der Waals surface area contributed by atoms with E-state index >= 15 is 0 Å². The van der Waals surface area contributed by atoms with Crippen molar-refractivity contribution < 1.29 is 9.59 Å². The number of Topliss-reactive ketones (excluding diaryl/α,β-unsaturated/α-hetero) is 1. The smallest absolute Gasteiger partial charge is 0.222 e. The number of hydrogen-bond acceptors (Lipinski definition) is 3. The van der Waals surface area contributed by atoms with E-state index in [0.717, 1.165) is 25.9 Å². The summed E-state index contributed by atoms with van der Waals surface area (Å²) >= 11 is 0. The standard InChI is InChI=1S/C13H24N2O2/c1-13(2,3)11(16)9-15-7-5-10(6-8-15)12(17)14-4/h10H,5-9H2,1-4H3,(H,14,17). The molecular weight excluding hydrogens is 216 g/mol. The monoisotopic (exact) mass is 240 g/mol. The van der Waals surface area contributed by atoms with Crippen LogP contribution in [0.2, 0.25) is 0 Å². The van der Waals surface area contributed by atoms with Crippen LogP contribution < -0.4 is 5.32 Å². The summed E-state index contributed by atoms with van der Waals surface area (Å²) in [7, 11) is 1.68.